The summed E-state index contributed by atoms with van der Waals surface area (Å²) >= 11 is 0. The van der Waals surface area contributed by atoms with Gasteiger partial charge in [0.25, 0.3) is 0 Å². The second-order valence-electron chi connectivity index (χ2n) is 4.89. The van der Waals surface area contributed by atoms with Crippen LogP contribution in [0.2, 0.25) is 0 Å². The number of hydrogen-bond donors (Lipinski definition) is 0. The predicted octanol–water partition coefficient (Wildman–Crippen LogP) is 6.10. The molecule has 0 heterocycles. The van der Waals surface area contributed by atoms with Crippen LogP contribution in [-0.4, -0.2) is 0 Å². The normalized spacial score (nSPS) is 10.1. The average Bonchev–Trinajstić information content (AvgIpc) is 2.26. The summed E-state index contributed by atoms with van der Waals surface area (Å²) < 4.78 is 0. The minimum Gasteiger partial charge on any atom is -0.0654 e. The SMILES string of the molecule is CCCCCCCCCCCCCCC.[Tc]. The van der Waals surface area contributed by atoms with E-state index < -0.39 is 0 Å². The molecule has 0 fully saturated rings. The van der Waals surface area contributed by atoms with Gasteiger partial charge in [-0.3, -0.25) is 0 Å². The third kappa shape index (κ3) is 17.1. The van der Waals surface area contributed by atoms with Crippen LogP contribution in [0.4, 0.5) is 0 Å². The zero-order chi connectivity index (χ0) is 11.2. The third-order valence-corrected chi connectivity index (χ3v) is 3.21. The van der Waals surface area contributed by atoms with Gasteiger partial charge < -0.3 is 0 Å². The van der Waals surface area contributed by atoms with Gasteiger partial charge in [0.1, 0.15) is 0 Å². The molecular formula is C15H32Tc. The fraction of sp³-hybridized carbons (Fsp3) is 1.00. The van der Waals surface area contributed by atoms with E-state index in [-0.39, 0.29) is 20.1 Å². The first-order chi connectivity index (χ1) is 7.41. The Hall–Kier alpha value is 0.649. The van der Waals surface area contributed by atoms with Crippen LogP contribution in [0.15, 0.2) is 0 Å². The monoisotopic (exact) mass is 309 g/mol. The van der Waals surface area contributed by atoms with Gasteiger partial charge in [-0.1, -0.05) is 97.3 Å². The molecule has 0 amide bonds. The van der Waals surface area contributed by atoms with Crippen molar-refractivity contribution in [3.8, 4) is 0 Å². The summed E-state index contributed by atoms with van der Waals surface area (Å²) in [5.41, 5.74) is 0. The van der Waals surface area contributed by atoms with Gasteiger partial charge in [0.2, 0.25) is 0 Å². The minimum absolute atomic E-state index is 0. The van der Waals surface area contributed by atoms with E-state index in [4.69, 9.17) is 0 Å². The molecule has 0 atom stereocenters. The second-order valence-corrected chi connectivity index (χ2v) is 4.89. The Morgan fingerprint density at radius 3 is 0.750 bits per heavy atom. The van der Waals surface area contributed by atoms with Crippen molar-refractivity contribution in [3.63, 3.8) is 0 Å². The van der Waals surface area contributed by atoms with Crippen molar-refractivity contribution in [2.45, 2.75) is 97.3 Å². The quantitative estimate of drug-likeness (QED) is 0.382. The first-order valence-corrected chi connectivity index (χ1v) is 7.41. The molecule has 1 radical (unpaired) electrons. The third-order valence-electron chi connectivity index (χ3n) is 3.21. The van der Waals surface area contributed by atoms with Gasteiger partial charge in [0, 0.05) is 20.1 Å². The van der Waals surface area contributed by atoms with Crippen LogP contribution in [0.1, 0.15) is 97.3 Å². The molecule has 0 saturated heterocycles. The van der Waals surface area contributed by atoms with E-state index in [2.05, 4.69) is 13.8 Å². The minimum atomic E-state index is 0. The molecule has 0 aliphatic rings. The van der Waals surface area contributed by atoms with Crippen molar-refractivity contribution in [1.82, 2.24) is 0 Å². The standard InChI is InChI=1S/C15H32.Tc/c1-3-5-7-9-11-13-15-14-12-10-8-6-4-2;/h3-15H2,1-2H3;. The molecule has 0 spiro atoms. The summed E-state index contributed by atoms with van der Waals surface area (Å²) in [5, 5.41) is 0. The first-order valence-electron chi connectivity index (χ1n) is 7.41. The van der Waals surface area contributed by atoms with Gasteiger partial charge >= 0.3 is 0 Å². The Kier molecular flexibility index (Phi) is 21.4. The van der Waals surface area contributed by atoms with Gasteiger partial charge in [0.05, 0.1) is 0 Å². The van der Waals surface area contributed by atoms with Crippen molar-refractivity contribution in [2.24, 2.45) is 0 Å². The van der Waals surface area contributed by atoms with E-state index in [1.54, 1.807) is 0 Å². The molecule has 0 aromatic rings. The van der Waals surface area contributed by atoms with Crippen LogP contribution < -0.4 is 0 Å². The fourth-order valence-electron chi connectivity index (χ4n) is 2.09. The maximum Gasteiger partial charge on any atom is 0 e. The Morgan fingerprint density at radius 1 is 0.375 bits per heavy atom. The van der Waals surface area contributed by atoms with Crippen LogP contribution in [0.25, 0.3) is 0 Å². The Morgan fingerprint density at radius 2 is 0.562 bits per heavy atom. The molecular weight excluding hydrogens is 278 g/mol. The van der Waals surface area contributed by atoms with E-state index >= 15 is 0 Å². The van der Waals surface area contributed by atoms with Crippen molar-refractivity contribution in [3.05, 3.63) is 0 Å². The molecule has 0 aliphatic heterocycles. The molecule has 0 saturated carbocycles. The number of hydrogen-bond acceptors (Lipinski definition) is 0. The Balaban J connectivity index is 0. The van der Waals surface area contributed by atoms with Gasteiger partial charge in [0.15, 0.2) is 0 Å². The molecule has 16 heavy (non-hydrogen) atoms. The van der Waals surface area contributed by atoms with Gasteiger partial charge in [-0.15, -0.1) is 0 Å². The molecule has 0 bridgehead atoms. The molecule has 1 heteroatoms. The summed E-state index contributed by atoms with van der Waals surface area (Å²) in [6.45, 7) is 4.58. The molecule has 99 valence electrons. The number of rotatable bonds is 12. The van der Waals surface area contributed by atoms with Crippen LogP contribution in [-0.2, 0) is 20.1 Å². The van der Waals surface area contributed by atoms with Crippen LogP contribution in [0.3, 0.4) is 0 Å². The largest absolute Gasteiger partial charge is 0.0654 e. The van der Waals surface area contributed by atoms with Crippen LogP contribution in [0, 0.1) is 0 Å². The van der Waals surface area contributed by atoms with Crippen molar-refractivity contribution in [1.29, 1.82) is 0 Å². The van der Waals surface area contributed by atoms with Gasteiger partial charge in [-0.25, -0.2) is 0 Å². The maximum atomic E-state index is 2.29. The van der Waals surface area contributed by atoms with Gasteiger partial charge in [-0.05, 0) is 0 Å². The van der Waals surface area contributed by atoms with Crippen LogP contribution in [0.5, 0.6) is 0 Å². The second kappa shape index (κ2) is 18.0. The van der Waals surface area contributed by atoms with Gasteiger partial charge in [-0.2, -0.15) is 0 Å². The summed E-state index contributed by atoms with van der Waals surface area (Å²) in [7, 11) is 0. The number of unbranched alkanes of at least 4 members (excludes halogenated alkanes) is 12. The van der Waals surface area contributed by atoms with E-state index in [1.165, 1.54) is 83.5 Å². The first kappa shape index (κ1) is 19.0. The maximum absolute atomic E-state index is 2.29. The van der Waals surface area contributed by atoms with Crippen molar-refractivity contribution < 1.29 is 20.1 Å². The molecule has 0 N–H and O–H groups in total. The summed E-state index contributed by atoms with van der Waals surface area (Å²) in [6.07, 6.45) is 18.9. The summed E-state index contributed by atoms with van der Waals surface area (Å²) in [4.78, 5) is 0. The van der Waals surface area contributed by atoms with E-state index in [0.29, 0.717) is 0 Å². The zero-order valence-corrected chi connectivity index (χ0v) is 13.4. The summed E-state index contributed by atoms with van der Waals surface area (Å²) in [5.74, 6) is 0. The molecule has 0 aromatic carbocycles. The average molecular weight is 310 g/mol. The van der Waals surface area contributed by atoms with E-state index in [1.807, 2.05) is 0 Å². The van der Waals surface area contributed by atoms with Crippen LogP contribution >= 0.6 is 0 Å². The van der Waals surface area contributed by atoms with Crippen molar-refractivity contribution in [2.75, 3.05) is 0 Å². The van der Waals surface area contributed by atoms with E-state index in [9.17, 15) is 0 Å². The Bertz CT molecular complexity index is 89.6. The smallest absolute Gasteiger partial charge is 0 e. The molecule has 0 aliphatic carbocycles. The molecule has 0 nitrogen and oxygen atoms in total. The topological polar surface area (TPSA) is 0 Å². The predicted molar refractivity (Wildman–Crippen MR) is 71.4 cm³/mol. The van der Waals surface area contributed by atoms with Crippen molar-refractivity contribution >= 4 is 0 Å². The zero-order valence-electron chi connectivity index (χ0n) is 11.6. The fourth-order valence-corrected chi connectivity index (χ4v) is 2.09. The summed E-state index contributed by atoms with van der Waals surface area (Å²) in [6, 6.07) is 0. The molecule has 0 unspecified atom stereocenters. The Labute approximate surface area is 117 Å². The molecule has 0 rings (SSSR count). The molecule has 0 aromatic heterocycles. The van der Waals surface area contributed by atoms with E-state index in [0.717, 1.165) is 0 Å².